The van der Waals surface area contributed by atoms with Gasteiger partial charge in [0.1, 0.15) is 0 Å². The number of aryl methyl sites for hydroxylation is 2. The summed E-state index contributed by atoms with van der Waals surface area (Å²) in [5.74, 6) is 1.28. The first-order valence-corrected chi connectivity index (χ1v) is 6.39. The van der Waals surface area contributed by atoms with Crippen LogP contribution in [0.5, 0.6) is 0 Å². The maximum absolute atomic E-state index is 11.6. The molecule has 1 aromatic carbocycles. The van der Waals surface area contributed by atoms with Crippen LogP contribution in [0, 0.1) is 19.8 Å². The first-order valence-electron chi connectivity index (χ1n) is 6.39. The van der Waals surface area contributed by atoms with Gasteiger partial charge >= 0.3 is 0 Å². The number of amides is 1. The molecule has 2 nitrogen and oxygen atoms in total. The van der Waals surface area contributed by atoms with E-state index in [0.29, 0.717) is 12.3 Å². The molecule has 1 aromatic rings. The molecule has 2 rings (SSSR count). The number of rotatable bonds is 4. The van der Waals surface area contributed by atoms with Crippen molar-refractivity contribution < 1.29 is 4.79 Å². The van der Waals surface area contributed by atoms with E-state index >= 15 is 0 Å². The van der Waals surface area contributed by atoms with Crippen molar-refractivity contribution in [2.24, 2.45) is 5.92 Å². The molecular weight excluding hydrogens is 210 g/mol. The van der Waals surface area contributed by atoms with E-state index < -0.39 is 0 Å². The van der Waals surface area contributed by atoms with E-state index in [-0.39, 0.29) is 5.91 Å². The van der Waals surface area contributed by atoms with Crippen LogP contribution in [0.3, 0.4) is 0 Å². The van der Waals surface area contributed by atoms with Crippen LogP contribution >= 0.6 is 0 Å². The van der Waals surface area contributed by atoms with Crippen molar-refractivity contribution in [3.05, 3.63) is 34.9 Å². The summed E-state index contributed by atoms with van der Waals surface area (Å²) >= 11 is 0. The van der Waals surface area contributed by atoms with Crippen molar-refractivity contribution in [2.75, 3.05) is 7.05 Å². The van der Waals surface area contributed by atoms with Crippen LogP contribution in [-0.2, 0) is 4.79 Å². The van der Waals surface area contributed by atoms with Crippen molar-refractivity contribution in [1.82, 2.24) is 5.32 Å². The summed E-state index contributed by atoms with van der Waals surface area (Å²) in [6.07, 6.45) is 3.17. The van der Waals surface area contributed by atoms with Gasteiger partial charge in [-0.1, -0.05) is 18.2 Å². The van der Waals surface area contributed by atoms with Gasteiger partial charge in [0, 0.05) is 13.5 Å². The molecule has 1 N–H and O–H groups in total. The number of hydrogen-bond donors (Lipinski definition) is 1. The molecule has 1 atom stereocenters. The molecule has 1 aliphatic rings. The predicted octanol–water partition coefficient (Wildman–Crippen LogP) is 2.93. The Bertz CT molecular complexity index is 421. The lowest BCUT2D eigenvalue weighted by atomic mass is 9.89. The zero-order valence-electron chi connectivity index (χ0n) is 10.9. The van der Waals surface area contributed by atoms with Crippen LogP contribution in [0.2, 0.25) is 0 Å². The van der Waals surface area contributed by atoms with E-state index in [1.54, 1.807) is 7.05 Å². The van der Waals surface area contributed by atoms with Crippen LogP contribution in [0.1, 0.15) is 41.9 Å². The molecule has 17 heavy (non-hydrogen) atoms. The molecule has 0 bridgehead atoms. The molecule has 1 unspecified atom stereocenters. The Morgan fingerprint density at radius 3 is 2.59 bits per heavy atom. The average Bonchev–Trinajstić information content (AvgIpc) is 3.13. The van der Waals surface area contributed by atoms with E-state index in [1.165, 1.54) is 29.5 Å². The number of nitrogens with one attached hydrogen (secondary N) is 1. The summed E-state index contributed by atoms with van der Waals surface area (Å²) in [4.78, 5) is 11.6. The van der Waals surface area contributed by atoms with Gasteiger partial charge < -0.3 is 5.32 Å². The lowest BCUT2D eigenvalue weighted by molar-refractivity contribution is -0.121. The van der Waals surface area contributed by atoms with Gasteiger partial charge in [0.25, 0.3) is 0 Å². The largest absolute Gasteiger partial charge is 0.359 e. The topological polar surface area (TPSA) is 29.1 Å². The predicted molar refractivity (Wildman–Crippen MR) is 70.1 cm³/mol. The molecular formula is C15H21NO. The zero-order valence-corrected chi connectivity index (χ0v) is 10.9. The number of hydrogen-bond acceptors (Lipinski definition) is 1. The minimum absolute atomic E-state index is 0.153. The summed E-state index contributed by atoms with van der Waals surface area (Å²) < 4.78 is 0. The monoisotopic (exact) mass is 231 g/mol. The first kappa shape index (κ1) is 12.2. The third kappa shape index (κ3) is 2.87. The van der Waals surface area contributed by atoms with Crippen molar-refractivity contribution in [1.29, 1.82) is 0 Å². The van der Waals surface area contributed by atoms with Crippen molar-refractivity contribution >= 4 is 5.91 Å². The Balaban J connectivity index is 2.20. The fourth-order valence-electron chi connectivity index (χ4n) is 2.35. The Labute approximate surface area is 103 Å². The van der Waals surface area contributed by atoms with Gasteiger partial charge in [-0.3, -0.25) is 4.79 Å². The molecule has 1 fully saturated rings. The molecule has 0 saturated heterocycles. The summed E-state index contributed by atoms with van der Waals surface area (Å²) in [7, 11) is 1.71. The minimum atomic E-state index is 0.153. The lowest BCUT2D eigenvalue weighted by Crippen LogP contribution is -2.21. The van der Waals surface area contributed by atoms with Gasteiger partial charge in [-0.25, -0.2) is 0 Å². The molecule has 1 aliphatic carbocycles. The molecule has 1 saturated carbocycles. The van der Waals surface area contributed by atoms with E-state index in [1.807, 2.05) is 0 Å². The molecule has 0 aliphatic heterocycles. The Hall–Kier alpha value is -1.31. The van der Waals surface area contributed by atoms with Crippen LogP contribution in [-0.4, -0.2) is 13.0 Å². The Morgan fingerprint density at radius 1 is 1.35 bits per heavy atom. The summed E-state index contributed by atoms with van der Waals surface area (Å²) in [5.41, 5.74) is 3.98. The van der Waals surface area contributed by atoms with E-state index in [4.69, 9.17) is 0 Å². The van der Waals surface area contributed by atoms with E-state index in [0.717, 1.165) is 5.92 Å². The highest BCUT2D eigenvalue weighted by Gasteiger charge is 2.33. The van der Waals surface area contributed by atoms with Crippen molar-refractivity contribution in [2.45, 2.75) is 39.0 Å². The quantitative estimate of drug-likeness (QED) is 0.848. The molecule has 0 heterocycles. The fraction of sp³-hybridized carbons (Fsp3) is 0.533. The van der Waals surface area contributed by atoms with Gasteiger partial charge in [-0.05, 0) is 55.2 Å². The van der Waals surface area contributed by atoms with Gasteiger partial charge in [0.2, 0.25) is 5.91 Å². The zero-order chi connectivity index (χ0) is 12.4. The second kappa shape index (κ2) is 4.91. The highest BCUT2D eigenvalue weighted by Crippen LogP contribution is 2.44. The standard InChI is InChI=1S/C15H21NO/c1-10-4-5-13(8-11(10)2)14(12-6-7-12)9-15(17)16-3/h4-5,8,12,14H,6-7,9H2,1-3H3,(H,16,17). The van der Waals surface area contributed by atoms with Crippen molar-refractivity contribution in [3.8, 4) is 0 Å². The van der Waals surface area contributed by atoms with Gasteiger partial charge in [0.05, 0.1) is 0 Å². The number of carbonyl (C=O) groups excluding carboxylic acids is 1. The third-order valence-corrected chi connectivity index (χ3v) is 3.83. The summed E-state index contributed by atoms with van der Waals surface area (Å²) in [5, 5.41) is 2.73. The van der Waals surface area contributed by atoms with Crippen LogP contribution in [0.25, 0.3) is 0 Å². The average molecular weight is 231 g/mol. The van der Waals surface area contributed by atoms with Crippen LogP contribution in [0.15, 0.2) is 18.2 Å². The Kier molecular flexibility index (Phi) is 3.51. The van der Waals surface area contributed by atoms with Gasteiger partial charge in [-0.2, -0.15) is 0 Å². The minimum Gasteiger partial charge on any atom is -0.359 e. The SMILES string of the molecule is CNC(=O)CC(c1ccc(C)c(C)c1)C1CC1. The molecule has 1 amide bonds. The van der Waals surface area contributed by atoms with E-state index in [9.17, 15) is 4.79 Å². The lowest BCUT2D eigenvalue weighted by Gasteiger charge is -2.17. The van der Waals surface area contributed by atoms with Crippen LogP contribution < -0.4 is 5.32 Å². The third-order valence-electron chi connectivity index (χ3n) is 3.83. The molecule has 0 radical (unpaired) electrons. The van der Waals surface area contributed by atoms with Gasteiger partial charge in [0.15, 0.2) is 0 Å². The van der Waals surface area contributed by atoms with Crippen LogP contribution in [0.4, 0.5) is 0 Å². The normalized spacial score (nSPS) is 16.6. The smallest absolute Gasteiger partial charge is 0.220 e. The highest BCUT2D eigenvalue weighted by atomic mass is 16.1. The number of benzene rings is 1. The molecule has 0 aromatic heterocycles. The maximum atomic E-state index is 11.6. The number of carbonyl (C=O) groups is 1. The second-order valence-corrected chi connectivity index (χ2v) is 5.16. The summed E-state index contributed by atoms with van der Waals surface area (Å²) in [6, 6.07) is 6.61. The second-order valence-electron chi connectivity index (χ2n) is 5.16. The first-order chi connectivity index (χ1) is 8.11. The molecule has 0 spiro atoms. The Morgan fingerprint density at radius 2 is 2.06 bits per heavy atom. The highest BCUT2D eigenvalue weighted by molar-refractivity contribution is 5.76. The molecule has 2 heteroatoms. The fourth-order valence-corrected chi connectivity index (χ4v) is 2.35. The molecule has 92 valence electrons. The van der Waals surface area contributed by atoms with Gasteiger partial charge in [-0.15, -0.1) is 0 Å². The van der Waals surface area contributed by atoms with Crippen molar-refractivity contribution in [3.63, 3.8) is 0 Å². The maximum Gasteiger partial charge on any atom is 0.220 e. The van der Waals surface area contributed by atoms with E-state index in [2.05, 4.69) is 37.4 Å². The summed E-state index contributed by atoms with van der Waals surface area (Å²) in [6.45, 7) is 4.27.